The van der Waals surface area contributed by atoms with Crippen LogP contribution in [0.3, 0.4) is 0 Å². The number of aliphatic carboxylic acids is 1. The predicted molar refractivity (Wildman–Crippen MR) is 59.2 cm³/mol. The lowest BCUT2D eigenvalue weighted by molar-refractivity contribution is -0.137. The molecule has 7 nitrogen and oxygen atoms in total. The van der Waals surface area contributed by atoms with E-state index in [1.54, 1.807) is 10.9 Å². The molecule has 0 unspecified atom stereocenters. The molecule has 0 fully saturated rings. The van der Waals surface area contributed by atoms with Gasteiger partial charge in [-0.2, -0.15) is 0 Å². The fourth-order valence-electron chi connectivity index (χ4n) is 1.61. The first-order chi connectivity index (χ1) is 8.18. The number of nitrogens with zero attached hydrogens (tertiary/aromatic N) is 3. The molecule has 2 aromatic heterocycles. The van der Waals surface area contributed by atoms with Crippen molar-refractivity contribution < 1.29 is 9.90 Å². The van der Waals surface area contributed by atoms with Gasteiger partial charge in [-0.05, 0) is 12.8 Å². The first-order valence-corrected chi connectivity index (χ1v) is 5.33. The van der Waals surface area contributed by atoms with Gasteiger partial charge in [0, 0.05) is 13.0 Å². The lowest BCUT2D eigenvalue weighted by Gasteiger charge is -2.05. The number of nitrogens with one attached hydrogen (secondary N) is 2. The number of hydrogen-bond donors (Lipinski definition) is 3. The third-order valence-corrected chi connectivity index (χ3v) is 2.50. The Kier molecular flexibility index (Phi) is 3.17. The zero-order chi connectivity index (χ0) is 12.3. The first kappa shape index (κ1) is 11.3. The fourth-order valence-corrected chi connectivity index (χ4v) is 1.61. The molecular weight excluding hydrogens is 222 g/mol. The topological polar surface area (TPSA) is 108 Å². The number of H-pyrrole nitrogens is 1. The third kappa shape index (κ3) is 2.49. The van der Waals surface area contributed by atoms with Crippen molar-refractivity contribution in [2.75, 3.05) is 0 Å². The largest absolute Gasteiger partial charge is 0.481 e. The van der Waals surface area contributed by atoms with Crippen LogP contribution in [0.1, 0.15) is 19.3 Å². The van der Waals surface area contributed by atoms with Gasteiger partial charge in [0.2, 0.25) is 0 Å². The highest BCUT2D eigenvalue weighted by Crippen LogP contribution is 2.00. The van der Waals surface area contributed by atoms with Crippen LogP contribution in [0.2, 0.25) is 0 Å². The second kappa shape index (κ2) is 4.77. The van der Waals surface area contributed by atoms with Crippen LogP contribution in [0, 0.1) is 5.41 Å². The van der Waals surface area contributed by atoms with Gasteiger partial charge in [-0.15, -0.1) is 0 Å². The van der Waals surface area contributed by atoms with E-state index < -0.39 is 5.97 Å². The molecule has 2 rings (SSSR count). The van der Waals surface area contributed by atoms with Crippen LogP contribution in [0.15, 0.2) is 12.7 Å². The van der Waals surface area contributed by atoms with Gasteiger partial charge in [-0.1, -0.05) is 0 Å². The third-order valence-electron chi connectivity index (χ3n) is 2.50. The minimum atomic E-state index is -0.789. The summed E-state index contributed by atoms with van der Waals surface area (Å²) >= 11 is 0. The highest BCUT2D eigenvalue weighted by Gasteiger charge is 2.03. The Morgan fingerprint density at radius 3 is 3.06 bits per heavy atom. The molecule has 0 amide bonds. The molecule has 0 saturated heterocycles. The van der Waals surface area contributed by atoms with E-state index in [1.165, 1.54) is 6.33 Å². The van der Waals surface area contributed by atoms with E-state index in [4.69, 9.17) is 10.5 Å². The highest BCUT2D eigenvalue weighted by atomic mass is 16.4. The monoisotopic (exact) mass is 235 g/mol. The van der Waals surface area contributed by atoms with Crippen molar-refractivity contribution in [1.82, 2.24) is 19.5 Å². The summed E-state index contributed by atoms with van der Waals surface area (Å²) in [6, 6.07) is 0. The van der Waals surface area contributed by atoms with Crippen LogP contribution in [-0.4, -0.2) is 30.6 Å². The van der Waals surface area contributed by atoms with Crippen molar-refractivity contribution in [2.24, 2.45) is 0 Å². The Morgan fingerprint density at radius 1 is 1.47 bits per heavy atom. The summed E-state index contributed by atoms with van der Waals surface area (Å²) in [6.07, 6.45) is 4.54. The van der Waals surface area contributed by atoms with Crippen LogP contribution in [0.25, 0.3) is 11.2 Å². The number of unbranched alkanes of at least 4 members (excludes halogenated alkanes) is 1. The van der Waals surface area contributed by atoms with Crippen molar-refractivity contribution in [3.8, 4) is 0 Å². The number of aromatic amines is 1. The normalized spacial score (nSPS) is 10.8. The first-order valence-electron chi connectivity index (χ1n) is 5.33. The molecule has 0 bridgehead atoms. The number of carboxylic acids is 1. The van der Waals surface area contributed by atoms with E-state index in [1.807, 2.05) is 0 Å². The number of fused-ring (bicyclic) bond motifs is 1. The number of carbonyl (C=O) groups is 1. The van der Waals surface area contributed by atoms with Gasteiger partial charge in [0.05, 0.1) is 12.7 Å². The van der Waals surface area contributed by atoms with Crippen LogP contribution in [0.4, 0.5) is 0 Å². The minimum Gasteiger partial charge on any atom is -0.481 e. The summed E-state index contributed by atoms with van der Waals surface area (Å²) < 4.78 is 1.68. The second-order valence-corrected chi connectivity index (χ2v) is 3.74. The number of imidazole rings is 1. The predicted octanol–water partition coefficient (Wildman–Crippen LogP) is 0.494. The summed E-state index contributed by atoms with van der Waals surface area (Å²) in [5.41, 5.74) is 1.45. The lowest BCUT2D eigenvalue weighted by Crippen LogP contribution is -2.21. The van der Waals surface area contributed by atoms with Gasteiger partial charge < -0.3 is 14.7 Å². The Balaban J connectivity index is 2.06. The molecule has 0 aliphatic rings. The van der Waals surface area contributed by atoms with Gasteiger partial charge in [0.1, 0.15) is 5.52 Å². The van der Waals surface area contributed by atoms with Crippen LogP contribution in [-0.2, 0) is 11.3 Å². The highest BCUT2D eigenvalue weighted by molar-refractivity contribution is 5.67. The molecule has 3 N–H and O–H groups in total. The van der Waals surface area contributed by atoms with Crippen molar-refractivity contribution in [1.29, 1.82) is 5.41 Å². The molecule has 0 saturated carbocycles. The van der Waals surface area contributed by atoms with Gasteiger partial charge in [0.25, 0.3) is 0 Å². The molecule has 7 heteroatoms. The van der Waals surface area contributed by atoms with Gasteiger partial charge in [0.15, 0.2) is 11.1 Å². The van der Waals surface area contributed by atoms with Gasteiger partial charge in [-0.3, -0.25) is 10.2 Å². The van der Waals surface area contributed by atoms with E-state index in [0.717, 1.165) is 0 Å². The number of rotatable bonds is 5. The maximum absolute atomic E-state index is 10.3. The summed E-state index contributed by atoms with van der Waals surface area (Å²) in [4.78, 5) is 21.3. The summed E-state index contributed by atoms with van der Waals surface area (Å²) in [7, 11) is 0. The molecule has 0 aliphatic carbocycles. The average Bonchev–Trinajstić information content (AvgIpc) is 2.75. The average molecular weight is 235 g/mol. The molecule has 0 aromatic carbocycles. The molecule has 0 radical (unpaired) electrons. The van der Waals surface area contributed by atoms with E-state index in [2.05, 4.69) is 15.0 Å². The quantitative estimate of drug-likeness (QED) is 0.655. The lowest BCUT2D eigenvalue weighted by atomic mass is 10.2. The zero-order valence-electron chi connectivity index (χ0n) is 9.18. The Bertz CT molecular complexity index is 586. The number of aryl methyl sites for hydroxylation is 1. The molecule has 0 spiro atoms. The number of hydrogen-bond acceptors (Lipinski definition) is 4. The van der Waals surface area contributed by atoms with E-state index in [0.29, 0.717) is 36.0 Å². The maximum atomic E-state index is 10.3. The summed E-state index contributed by atoms with van der Waals surface area (Å²) in [5, 5.41) is 16.4. The van der Waals surface area contributed by atoms with Crippen molar-refractivity contribution >= 4 is 17.1 Å². The molecular formula is C10H13N5O2. The smallest absolute Gasteiger partial charge is 0.303 e. The van der Waals surface area contributed by atoms with Gasteiger partial charge in [-0.25, -0.2) is 9.97 Å². The standard InChI is InChI=1S/C10H13N5O2/c11-9-8-10(13-5-12-8)14-6-15(9)4-2-1-3-7(16)17/h5-6,11H,1-4H2,(H,12,13)(H,16,17). The van der Waals surface area contributed by atoms with E-state index in [-0.39, 0.29) is 6.42 Å². The second-order valence-electron chi connectivity index (χ2n) is 3.74. The SMILES string of the molecule is N=c1c2[nH]cnc2ncn1CCCCC(=O)O. The van der Waals surface area contributed by atoms with Crippen LogP contribution in [0.5, 0.6) is 0 Å². The molecule has 2 aromatic rings. The van der Waals surface area contributed by atoms with Gasteiger partial charge >= 0.3 is 5.97 Å². The Morgan fingerprint density at radius 2 is 2.29 bits per heavy atom. The maximum Gasteiger partial charge on any atom is 0.303 e. The molecule has 0 aliphatic heterocycles. The van der Waals surface area contributed by atoms with Crippen molar-refractivity contribution in [3.05, 3.63) is 18.1 Å². The summed E-state index contributed by atoms with van der Waals surface area (Å²) in [6.45, 7) is 0.591. The zero-order valence-corrected chi connectivity index (χ0v) is 9.18. The van der Waals surface area contributed by atoms with Crippen molar-refractivity contribution in [2.45, 2.75) is 25.8 Å². The molecule has 17 heavy (non-hydrogen) atoms. The van der Waals surface area contributed by atoms with Crippen molar-refractivity contribution in [3.63, 3.8) is 0 Å². The molecule has 90 valence electrons. The Labute approximate surface area is 96.7 Å². The molecule has 0 atom stereocenters. The van der Waals surface area contributed by atoms with E-state index >= 15 is 0 Å². The number of aromatic nitrogens is 4. The minimum absolute atomic E-state index is 0.160. The molecule has 2 heterocycles. The van der Waals surface area contributed by atoms with Crippen LogP contribution < -0.4 is 5.49 Å². The summed E-state index contributed by atoms with van der Waals surface area (Å²) in [5.74, 6) is -0.789. The van der Waals surface area contributed by atoms with E-state index in [9.17, 15) is 4.79 Å². The van der Waals surface area contributed by atoms with Crippen LogP contribution >= 0.6 is 0 Å². The Hall–Kier alpha value is -2.18. The number of carboxylic acid groups (broad SMARTS) is 1. The fraction of sp³-hybridized carbons (Fsp3) is 0.400.